The summed E-state index contributed by atoms with van der Waals surface area (Å²) >= 11 is 0. The molecule has 2 atom stereocenters. The van der Waals surface area contributed by atoms with Crippen molar-refractivity contribution in [2.24, 2.45) is 11.0 Å². The van der Waals surface area contributed by atoms with Gasteiger partial charge in [0.05, 0.1) is 24.3 Å². The Morgan fingerprint density at radius 2 is 1.71 bits per heavy atom. The van der Waals surface area contributed by atoms with Crippen LogP contribution in [0.3, 0.4) is 0 Å². The lowest BCUT2D eigenvalue weighted by Gasteiger charge is -2.42. The summed E-state index contributed by atoms with van der Waals surface area (Å²) in [7, 11) is 5.03. The summed E-state index contributed by atoms with van der Waals surface area (Å²) in [5.41, 5.74) is 5.76. The molecule has 21 nitrogen and oxygen atoms in total. The quantitative estimate of drug-likeness (QED) is 0.0582. The van der Waals surface area contributed by atoms with E-state index in [9.17, 15) is 33.6 Å². The smallest absolute Gasteiger partial charge is 0.333 e. The SMILES string of the molecule is CN1CCC/C(=N\NC(=O)CC(C)(C)SSCCC(=O)N2CCN(C3CCN(C(=O)NCc4ccc(NC(=O)[C@H]5C[C@@H]5c5cccnc5)cc4F)CC3)CC2)c2cnc(OCCCC(=O)ON3C(=O)CCC3=O)nc21. The van der Waals surface area contributed by atoms with E-state index in [4.69, 9.17) is 9.57 Å². The Kier molecular flexibility index (Phi) is 18.6. The standard InChI is InChI=1S/C51H65FN12O9S2/c1-51(2,29-42(65)59-58-41-8-5-18-60(3)47-39(41)32-54-49(57-47)72-25-6-9-46(69)73-64-44(67)12-13-45(64)68)75-74-26-16-43(66)62-23-21-61(22-24-62)36-14-19-63(20-15-36)50(71)55-31-34-10-11-35(27-40(34)52)56-48(70)38-28-37(38)33-7-4-17-53-30-33/h4,7,10-11,17,27,30,32,36-38H,5-6,8-9,12-16,18-26,28-29,31H2,1-3H3,(H,55,71)(H,56,70)(H,59,65)/b58-41+/t37-,38+/m1/s1. The van der Waals surface area contributed by atoms with E-state index >= 15 is 4.39 Å². The van der Waals surface area contributed by atoms with Gasteiger partial charge in [0.1, 0.15) is 11.6 Å². The first-order valence-electron chi connectivity index (χ1n) is 25.6. The summed E-state index contributed by atoms with van der Waals surface area (Å²) in [6, 6.07) is 8.51. The molecule has 0 spiro atoms. The summed E-state index contributed by atoms with van der Waals surface area (Å²) < 4.78 is 20.3. The van der Waals surface area contributed by atoms with Gasteiger partial charge in [-0.25, -0.2) is 24.4 Å². The number of ether oxygens (including phenoxy) is 1. The van der Waals surface area contributed by atoms with Crippen molar-refractivity contribution in [2.75, 3.05) is 75.4 Å². The van der Waals surface area contributed by atoms with Crippen molar-refractivity contribution in [1.29, 1.82) is 0 Å². The van der Waals surface area contributed by atoms with E-state index in [1.807, 2.05) is 42.8 Å². The van der Waals surface area contributed by atoms with Gasteiger partial charge in [-0.15, -0.1) is 5.06 Å². The molecule has 2 aromatic heterocycles. The number of carbonyl (C=O) groups excluding carboxylic acids is 7. The third-order valence-corrected chi connectivity index (χ3v) is 17.1. The minimum Gasteiger partial charge on any atom is -0.463 e. The van der Waals surface area contributed by atoms with Gasteiger partial charge in [0.2, 0.25) is 17.7 Å². The number of aromatic nitrogens is 3. The van der Waals surface area contributed by atoms with Crippen LogP contribution < -0.4 is 25.7 Å². The number of rotatable bonds is 20. The Morgan fingerprint density at radius 3 is 2.44 bits per heavy atom. The molecular weight excluding hydrogens is 1010 g/mol. The summed E-state index contributed by atoms with van der Waals surface area (Å²) in [5, 5.41) is 10.7. The molecule has 1 aliphatic carbocycles. The predicted molar refractivity (Wildman–Crippen MR) is 280 cm³/mol. The molecule has 5 aliphatic rings. The maximum atomic E-state index is 15.0. The average molecular weight is 1070 g/mol. The molecule has 6 heterocycles. The molecule has 3 N–H and O–H groups in total. The lowest BCUT2D eigenvalue weighted by atomic mass is 10.0. The van der Waals surface area contributed by atoms with Crippen LogP contribution in [0, 0.1) is 11.7 Å². The Morgan fingerprint density at radius 1 is 0.933 bits per heavy atom. The highest BCUT2D eigenvalue weighted by Crippen LogP contribution is 2.47. The van der Waals surface area contributed by atoms with Crippen molar-refractivity contribution >= 4 is 80.3 Å². The highest BCUT2D eigenvalue weighted by atomic mass is 33.1. The Bertz CT molecular complexity index is 2600. The van der Waals surface area contributed by atoms with E-state index in [2.05, 4.69) is 41.0 Å². The number of anilines is 2. The Labute approximate surface area is 443 Å². The molecule has 75 heavy (non-hydrogen) atoms. The number of urea groups is 1. The molecule has 7 amide bonds. The van der Waals surface area contributed by atoms with Crippen LogP contribution in [0.1, 0.15) is 107 Å². The number of benzene rings is 1. The summed E-state index contributed by atoms with van der Waals surface area (Å²) in [4.78, 5) is 114. The molecule has 4 fully saturated rings. The number of piperazine rings is 1. The van der Waals surface area contributed by atoms with Crippen LogP contribution in [0.4, 0.5) is 20.7 Å². The van der Waals surface area contributed by atoms with Crippen molar-refractivity contribution < 1.29 is 47.5 Å². The van der Waals surface area contributed by atoms with E-state index in [-0.39, 0.29) is 86.9 Å². The van der Waals surface area contributed by atoms with Crippen molar-refractivity contribution in [3.05, 3.63) is 71.4 Å². The number of halogens is 1. The number of hydrogen-bond acceptors (Lipinski definition) is 17. The molecule has 0 bridgehead atoms. The van der Waals surface area contributed by atoms with Gasteiger partial charge in [-0.2, -0.15) is 10.1 Å². The fraction of sp³-hybridized carbons (Fsp3) is 0.549. The van der Waals surface area contributed by atoms with Gasteiger partial charge < -0.3 is 34.9 Å². The molecule has 8 rings (SSSR count). The number of nitrogens with one attached hydrogen (secondary N) is 3. The van der Waals surface area contributed by atoms with Crippen LogP contribution in [-0.4, -0.2) is 158 Å². The first kappa shape index (κ1) is 54.8. The number of imide groups is 1. The zero-order valence-corrected chi connectivity index (χ0v) is 44.2. The fourth-order valence-electron chi connectivity index (χ4n) is 9.53. The number of nitrogens with zero attached hydrogens (tertiary/aromatic N) is 9. The van der Waals surface area contributed by atoms with Crippen molar-refractivity contribution in [2.45, 2.75) is 108 Å². The third-order valence-electron chi connectivity index (χ3n) is 13.8. The van der Waals surface area contributed by atoms with E-state index in [0.717, 1.165) is 44.3 Å². The number of amides is 7. The first-order chi connectivity index (χ1) is 36.1. The second kappa shape index (κ2) is 25.4. The summed E-state index contributed by atoms with van der Waals surface area (Å²) in [6.07, 6.45) is 9.58. The van der Waals surface area contributed by atoms with Crippen LogP contribution in [0.15, 0.2) is 54.0 Å². The maximum Gasteiger partial charge on any atom is 0.333 e. The fourth-order valence-corrected chi connectivity index (χ4v) is 12.0. The Balaban J connectivity index is 0.680. The van der Waals surface area contributed by atoms with E-state index in [1.165, 1.54) is 6.07 Å². The molecule has 402 valence electrons. The largest absolute Gasteiger partial charge is 0.463 e. The van der Waals surface area contributed by atoms with Crippen molar-refractivity contribution in [3.8, 4) is 6.01 Å². The van der Waals surface area contributed by atoms with Crippen LogP contribution in [0.2, 0.25) is 0 Å². The molecule has 4 aliphatic heterocycles. The van der Waals surface area contributed by atoms with Gasteiger partial charge in [0, 0.05) is 137 Å². The zero-order valence-electron chi connectivity index (χ0n) is 42.6. The average Bonchev–Trinajstić information content (AvgIpc) is 4.18. The van der Waals surface area contributed by atoms with Gasteiger partial charge >= 0.3 is 18.0 Å². The minimum atomic E-state index is -0.714. The predicted octanol–water partition coefficient (Wildman–Crippen LogP) is 5.03. The molecule has 3 aromatic rings. The van der Waals surface area contributed by atoms with Gasteiger partial charge in [-0.05, 0) is 82.1 Å². The highest BCUT2D eigenvalue weighted by molar-refractivity contribution is 8.77. The zero-order chi connectivity index (χ0) is 53.1. The van der Waals surface area contributed by atoms with Crippen LogP contribution in [0.25, 0.3) is 0 Å². The van der Waals surface area contributed by atoms with Crippen molar-refractivity contribution in [1.82, 2.24) is 45.5 Å². The van der Waals surface area contributed by atoms with E-state index < -0.39 is 28.3 Å². The van der Waals surface area contributed by atoms with Gasteiger partial charge in [0.25, 0.3) is 11.8 Å². The molecule has 3 saturated heterocycles. The second-order valence-corrected chi connectivity index (χ2v) is 23.0. The molecule has 24 heteroatoms. The second-order valence-electron chi connectivity index (χ2n) is 19.9. The van der Waals surface area contributed by atoms with E-state index in [0.29, 0.717) is 90.8 Å². The lowest BCUT2D eigenvalue weighted by Crippen LogP contribution is -2.55. The van der Waals surface area contributed by atoms with Gasteiger partial charge in [-0.3, -0.25) is 33.9 Å². The number of piperidine rings is 1. The maximum absolute atomic E-state index is 15.0. The van der Waals surface area contributed by atoms with Crippen LogP contribution in [-0.2, 0) is 40.1 Å². The molecule has 1 saturated carbocycles. The van der Waals surface area contributed by atoms with Gasteiger partial charge in [0.15, 0.2) is 0 Å². The molecule has 0 radical (unpaired) electrons. The lowest BCUT2D eigenvalue weighted by molar-refractivity contribution is -0.197. The number of pyridine rings is 1. The van der Waals surface area contributed by atoms with Crippen LogP contribution in [0.5, 0.6) is 6.01 Å². The summed E-state index contributed by atoms with van der Waals surface area (Å²) in [6.45, 7) is 8.75. The first-order valence-corrected chi connectivity index (χ1v) is 27.9. The number of likely N-dealkylation sites (tertiary alicyclic amines) is 1. The van der Waals surface area contributed by atoms with Crippen molar-refractivity contribution in [3.63, 3.8) is 0 Å². The number of fused-ring (bicyclic) bond motifs is 1. The topological polar surface area (TPSA) is 241 Å². The summed E-state index contributed by atoms with van der Waals surface area (Å²) in [5.74, 6) is -1.43. The number of carbonyl (C=O) groups is 7. The molecule has 0 unspecified atom stereocenters. The normalized spacial score (nSPS) is 19.9. The third kappa shape index (κ3) is 15.1. The molecule has 1 aromatic carbocycles. The minimum absolute atomic E-state index is 0.0224. The Hall–Kier alpha value is -6.40. The number of hydrazone groups is 1. The highest BCUT2D eigenvalue weighted by Gasteiger charge is 2.44. The molecular formula is C51H65FN12O9S2. The number of hydroxylamine groups is 2. The van der Waals surface area contributed by atoms with E-state index in [1.54, 1.807) is 57.2 Å². The monoisotopic (exact) mass is 1070 g/mol. The van der Waals surface area contributed by atoms with Gasteiger partial charge in [-0.1, -0.05) is 33.7 Å². The number of hydrogen-bond donors (Lipinski definition) is 3. The van der Waals surface area contributed by atoms with Crippen LogP contribution >= 0.6 is 21.6 Å².